The van der Waals surface area contributed by atoms with Crippen LogP contribution in [0.2, 0.25) is 0 Å². The Balaban J connectivity index is -0.000000478. The molecule has 0 bridgehead atoms. The van der Waals surface area contributed by atoms with Gasteiger partial charge < -0.3 is 39.9 Å². The van der Waals surface area contributed by atoms with Crippen LogP contribution in [0.1, 0.15) is 631 Å². The fourth-order valence-corrected chi connectivity index (χ4v) is 16.2. The summed E-state index contributed by atoms with van der Waals surface area (Å²) < 4.78 is 4.90. The van der Waals surface area contributed by atoms with Gasteiger partial charge in [-0.3, -0.25) is 9.59 Å². The monoisotopic (exact) mass is 1670 g/mol. The molecule has 116 heavy (non-hydrogen) atoms. The van der Waals surface area contributed by atoms with Crippen molar-refractivity contribution in [1.82, 2.24) is 0 Å². The van der Waals surface area contributed by atoms with Gasteiger partial charge in [0.25, 0.3) is 0 Å². The number of carboxylic acid groups (broad SMARTS) is 3. The van der Waals surface area contributed by atoms with E-state index in [4.69, 9.17) is 20.1 Å². The number of carbonyl (C=O) groups is 4. The molecule has 3 N–H and O–H groups in total. The van der Waals surface area contributed by atoms with Crippen LogP contribution in [0, 0.1) is 0 Å². The summed E-state index contributed by atoms with van der Waals surface area (Å²) in [5.74, 6) is -2.72. The van der Waals surface area contributed by atoms with Crippen molar-refractivity contribution in [3.63, 3.8) is 0 Å². The third-order valence-electron chi connectivity index (χ3n) is 24.1. The number of hydrogen-bond donors (Lipinski definition) is 3. The summed E-state index contributed by atoms with van der Waals surface area (Å²) in [6.45, 7) is 8.67. The Bertz CT molecular complexity index is 1700. The average Bonchev–Trinajstić information content (AvgIpc) is 1.04. The Morgan fingerprint density at radius 3 is 0.457 bits per heavy atom. The predicted molar refractivity (Wildman–Crippen MR) is 504 cm³/mol. The minimum Gasteiger partial charge on any atom is -0.550 e. The third kappa shape index (κ3) is 131. The van der Waals surface area contributed by atoms with Crippen molar-refractivity contribution in [2.75, 3.05) is 13.2 Å². The van der Waals surface area contributed by atoms with E-state index in [1.165, 1.54) is 527 Å². The van der Waals surface area contributed by atoms with Crippen LogP contribution in [-0.4, -0.2) is 96.3 Å². The van der Waals surface area contributed by atoms with E-state index in [1.54, 1.807) is 0 Å². The Kier molecular flexibility index (Phi) is 126. The molecule has 0 heterocycles. The second kappa shape index (κ2) is 118. The molecule has 0 spiro atoms. The van der Waals surface area contributed by atoms with Gasteiger partial charge in [0.05, 0.1) is 6.61 Å². The Labute approximate surface area is 756 Å². The van der Waals surface area contributed by atoms with Crippen LogP contribution >= 0.6 is 0 Å². The summed E-state index contributed by atoms with van der Waals surface area (Å²) >= 11 is 0. The van der Waals surface area contributed by atoms with Crippen LogP contribution in [0.5, 0.6) is 0 Å². The minimum atomic E-state index is -0.956. The van der Waals surface area contributed by atoms with Crippen LogP contribution in [0.25, 0.3) is 0 Å². The topological polar surface area (TPSA) is 184 Å². The number of aliphatic hydroxyl groups is 2. The van der Waals surface area contributed by atoms with Crippen LogP contribution < -0.4 is 10.2 Å². The van der Waals surface area contributed by atoms with Crippen molar-refractivity contribution >= 4 is 61.6 Å². The molecule has 1 unspecified atom stereocenters. The molecular weight excluding hydrogens is 1460 g/mol. The standard InChI is InChI=1S/C31H62O4.2C28H56O2.C18H36O2.Ca/c1-2-3-4-5-6-7-8-9-10-11-12-13-14-15-16-17-18-19-20-21-22-23-24-25-26-27-31(34)35-29-30(33)28-32;2*1-2-3-4-5-6-7-8-9-10-11-12-13-14-15-16-17-18-19-20-21-22-23-24-25-26-27-28(29)30;1-2-3-4-5-6-7-8-9-10-11-12-13-14-15-16-17-18(19)20;/h30,32-33H,2-29H2,1H3;2*2-27H2,1H3,(H,29,30);2-17H2,1H3,(H,19,20);/q;;;;+2/p-2. The van der Waals surface area contributed by atoms with E-state index in [2.05, 4.69) is 27.7 Å². The van der Waals surface area contributed by atoms with Gasteiger partial charge in [-0.25, -0.2) is 0 Å². The molecule has 0 aromatic carbocycles. The van der Waals surface area contributed by atoms with Gasteiger partial charge in [0.15, 0.2) is 0 Å². The first-order valence-corrected chi connectivity index (χ1v) is 52.6. The summed E-state index contributed by atoms with van der Waals surface area (Å²) in [5, 5.41) is 47.0. The molecule has 0 saturated heterocycles. The number of carboxylic acids is 3. The fraction of sp³-hybridized carbons (Fsp3) is 0.962. The maximum atomic E-state index is 11.5. The van der Waals surface area contributed by atoms with E-state index in [0.29, 0.717) is 12.8 Å². The number of carbonyl (C=O) groups excluding carboxylic acids is 3. The number of esters is 1. The number of ether oxygens (including phenoxy) is 1. The van der Waals surface area contributed by atoms with E-state index in [-0.39, 0.29) is 69.8 Å². The van der Waals surface area contributed by atoms with Gasteiger partial charge in [0, 0.05) is 24.8 Å². The molecule has 0 aliphatic rings. The summed E-state index contributed by atoms with van der Waals surface area (Å²) in [6.07, 6.45) is 123. The zero-order valence-corrected chi connectivity index (χ0v) is 81.6. The molecule has 0 fully saturated rings. The maximum absolute atomic E-state index is 11.5. The third-order valence-corrected chi connectivity index (χ3v) is 24.1. The molecule has 0 aliphatic carbocycles. The Morgan fingerprint density at radius 2 is 0.336 bits per heavy atom. The fourth-order valence-electron chi connectivity index (χ4n) is 16.2. The molecule has 1 atom stereocenters. The molecular formula is C105H208CaO10. The van der Waals surface area contributed by atoms with Crippen LogP contribution in [0.3, 0.4) is 0 Å². The second-order valence-corrected chi connectivity index (χ2v) is 36.1. The molecule has 0 amide bonds. The summed E-state index contributed by atoms with van der Waals surface area (Å²) in [4.78, 5) is 42.4. The van der Waals surface area contributed by atoms with Crippen LogP contribution in [0.4, 0.5) is 0 Å². The quantitative estimate of drug-likeness (QED) is 0.0301. The molecule has 0 aliphatic heterocycles. The minimum absolute atomic E-state index is 0. The molecule has 11 heteroatoms. The summed E-state index contributed by atoms with van der Waals surface area (Å²) in [6, 6.07) is 0. The summed E-state index contributed by atoms with van der Waals surface area (Å²) in [5.41, 5.74) is 0. The van der Waals surface area contributed by atoms with Crippen molar-refractivity contribution in [2.45, 2.75) is 637 Å². The van der Waals surface area contributed by atoms with Crippen molar-refractivity contribution in [3.8, 4) is 0 Å². The molecule has 10 nitrogen and oxygen atoms in total. The molecule has 0 radical (unpaired) electrons. The normalized spacial score (nSPS) is 11.4. The largest absolute Gasteiger partial charge is 2.00 e. The number of rotatable bonds is 97. The SMILES string of the molecule is CCCCCCCCCCCCCCCCCC(=O)[O-].CCCCCCCCCCCCCCCCCCCCCCCCCCCC(=O)O.CCCCCCCCCCCCCCCCCCCCCCCCCCCC(=O)OCC(O)CO.CCCCCCCCCCCCCCCCCCCCCCCCCCCC(=O)[O-].[Ca+2]. The zero-order chi connectivity index (χ0) is 84.5. The summed E-state index contributed by atoms with van der Waals surface area (Å²) in [7, 11) is 0. The van der Waals surface area contributed by atoms with E-state index in [9.17, 15) is 29.4 Å². The van der Waals surface area contributed by atoms with E-state index < -0.39 is 24.0 Å². The number of aliphatic carboxylic acids is 3. The molecule has 0 rings (SSSR count). The maximum Gasteiger partial charge on any atom is 2.00 e. The van der Waals surface area contributed by atoms with Crippen molar-refractivity contribution < 1.29 is 49.4 Å². The average molecular weight is 1670 g/mol. The van der Waals surface area contributed by atoms with Gasteiger partial charge in [-0.05, 0) is 38.5 Å². The number of aliphatic hydroxyl groups excluding tert-OH is 2. The van der Waals surface area contributed by atoms with Gasteiger partial charge >= 0.3 is 49.7 Å². The van der Waals surface area contributed by atoms with Crippen molar-refractivity contribution in [3.05, 3.63) is 0 Å². The van der Waals surface area contributed by atoms with Gasteiger partial charge in [-0.2, -0.15) is 0 Å². The van der Waals surface area contributed by atoms with Gasteiger partial charge in [-0.1, -0.05) is 580 Å². The zero-order valence-electron chi connectivity index (χ0n) is 79.4. The van der Waals surface area contributed by atoms with Crippen LogP contribution in [0.15, 0.2) is 0 Å². The first-order valence-electron chi connectivity index (χ1n) is 52.6. The molecule has 0 aromatic rings. The molecule has 0 aromatic heterocycles. The first-order chi connectivity index (χ1) is 56.5. The molecule has 0 saturated carbocycles. The second-order valence-electron chi connectivity index (χ2n) is 36.1. The smallest absolute Gasteiger partial charge is 0.550 e. The Hall–Kier alpha value is -0.940. The molecule has 690 valence electrons. The van der Waals surface area contributed by atoms with Gasteiger partial charge in [0.1, 0.15) is 12.7 Å². The van der Waals surface area contributed by atoms with E-state index in [0.717, 1.165) is 51.4 Å². The van der Waals surface area contributed by atoms with Gasteiger partial charge in [-0.15, -0.1) is 0 Å². The van der Waals surface area contributed by atoms with E-state index >= 15 is 0 Å². The van der Waals surface area contributed by atoms with E-state index in [1.807, 2.05) is 0 Å². The van der Waals surface area contributed by atoms with Gasteiger partial charge in [0.2, 0.25) is 0 Å². The van der Waals surface area contributed by atoms with Crippen molar-refractivity contribution in [2.24, 2.45) is 0 Å². The predicted octanol–water partition coefficient (Wildman–Crippen LogP) is 32.8. The Morgan fingerprint density at radius 1 is 0.216 bits per heavy atom. The van der Waals surface area contributed by atoms with Crippen molar-refractivity contribution in [1.29, 1.82) is 0 Å². The first kappa shape index (κ1) is 124. The van der Waals surface area contributed by atoms with Crippen LogP contribution in [-0.2, 0) is 23.9 Å². The number of hydrogen-bond acceptors (Lipinski definition) is 9. The number of unbranched alkanes of at least 4 members (excludes halogenated alkanes) is 86.